The van der Waals surface area contributed by atoms with Crippen molar-refractivity contribution in [2.45, 2.75) is 32.6 Å². The molecular formula is C12H17N3OS. The van der Waals surface area contributed by atoms with E-state index in [-0.39, 0.29) is 5.91 Å². The normalized spacial score (nSPS) is 9.53. The van der Waals surface area contributed by atoms with Crippen LogP contribution in [0.5, 0.6) is 0 Å². The molecule has 3 N–H and O–H groups in total. The van der Waals surface area contributed by atoms with Crippen LogP contribution in [0, 0.1) is 11.8 Å². The molecule has 0 saturated heterocycles. The van der Waals surface area contributed by atoms with Gasteiger partial charge < -0.3 is 11.1 Å². The second kappa shape index (κ2) is 7.82. The predicted molar refractivity (Wildman–Crippen MR) is 70.8 cm³/mol. The van der Waals surface area contributed by atoms with Crippen LogP contribution in [-0.2, 0) is 4.79 Å². The van der Waals surface area contributed by atoms with Crippen molar-refractivity contribution in [3.05, 3.63) is 11.1 Å². The van der Waals surface area contributed by atoms with Gasteiger partial charge in [-0.3, -0.25) is 4.79 Å². The number of amides is 1. The lowest BCUT2D eigenvalue weighted by atomic mass is 10.2. The third-order valence-corrected chi connectivity index (χ3v) is 2.90. The quantitative estimate of drug-likeness (QED) is 0.621. The second-order valence-corrected chi connectivity index (χ2v) is 4.57. The van der Waals surface area contributed by atoms with E-state index < -0.39 is 0 Å². The number of hydrogen-bond donors (Lipinski definition) is 2. The number of nitrogens with one attached hydrogen (secondary N) is 1. The second-order valence-electron chi connectivity index (χ2n) is 3.54. The molecule has 0 radical (unpaired) electrons. The molecule has 0 aliphatic heterocycles. The number of carbonyl (C=O) groups is 1. The maximum atomic E-state index is 11.5. The van der Waals surface area contributed by atoms with Crippen LogP contribution in [-0.4, -0.2) is 17.4 Å². The van der Waals surface area contributed by atoms with Crippen LogP contribution in [0.4, 0.5) is 5.13 Å². The zero-order valence-electron chi connectivity index (χ0n) is 9.95. The summed E-state index contributed by atoms with van der Waals surface area (Å²) in [7, 11) is 0. The van der Waals surface area contributed by atoms with Gasteiger partial charge in [-0.25, -0.2) is 4.98 Å². The summed E-state index contributed by atoms with van der Waals surface area (Å²) in [5.41, 5.74) is 5.27. The van der Waals surface area contributed by atoms with Crippen molar-refractivity contribution < 1.29 is 4.79 Å². The first-order valence-electron chi connectivity index (χ1n) is 5.71. The Morgan fingerprint density at radius 3 is 3.12 bits per heavy atom. The van der Waals surface area contributed by atoms with Crippen molar-refractivity contribution in [2.75, 3.05) is 11.9 Å². The van der Waals surface area contributed by atoms with Gasteiger partial charge in [0.15, 0.2) is 5.13 Å². The van der Waals surface area contributed by atoms with Crippen LogP contribution in [0.2, 0.25) is 0 Å². The van der Waals surface area contributed by atoms with Gasteiger partial charge in [0, 0.05) is 6.42 Å². The zero-order valence-corrected chi connectivity index (χ0v) is 10.8. The van der Waals surface area contributed by atoms with E-state index in [1.165, 1.54) is 11.3 Å². The maximum absolute atomic E-state index is 11.5. The minimum absolute atomic E-state index is 0.0196. The van der Waals surface area contributed by atoms with Crippen molar-refractivity contribution >= 4 is 22.4 Å². The van der Waals surface area contributed by atoms with Gasteiger partial charge in [0.05, 0.1) is 17.6 Å². The number of rotatable bonds is 5. The van der Waals surface area contributed by atoms with Gasteiger partial charge in [-0.2, -0.15) is 0 Å². The van der Waals surface area contributed by atoms with Gasteiger partial charge in [0.2, 0.25) is 5.91 Å². The number of thiazole rings is 1. The van der Waals surface area contributed by atoms with Crippen LogP contribution < -0.4 is 11.1 Å². The molecule has 0 atom stereocenters. The number of nitrogens with two attached hydrogens (primary N) is 1. The highest BCUT2D eigenvalue weighted by molar-refractivity contribution is 7.16. The topological polar surface area (TPSA) is 68.0 Å². The highest BCUT2D eigenvalue weighted by Crippen LogP contribution is 2.17. The molecular weight excluding hydrogens is 234 g/mol. The average Bonchev–Trinajstić information content (AvgIpc) is 2.74. The Kier molecular flexibility index (Phi) is 6.30. The fourth-order valence-electron chi connectivity index (χ4n) is 1.25. The molecule has 1 aromatic rings. The van der Waals surface area contributed by atoms with Crippen LogP contribution >= 0.6 is 11.3 Å². The first-order valence-corrected chi connectivity index (χ1v) is 6.52. The summed E-state index contributed by atoms with van der Waals surface area (Å²) in [6.45, 7) is 2.44. The number of aromatic nitrogens is 1. The Balaban J connectivity index is 2.40. The lowest BCUT2D eigenvalue weighted by molar-refractivity contribution is -0.116. The Hall–Kier alpha value is -1.38. The number of hydrogen-bond acceptors (Lipinski definition) is 4. The van der Waals surface area contributed by atoms with Crippen molar-refractivity contribution in [1.82, 2.24) is 4.98 Å². The summed E-state index contributed by atoms with van der Waals surface area (Å²) in [6, 6.07) is 0. The first-order chi connectivity index (χ1) is 8.26. The summed E-state index contributed by atoms with van der Waals surface area (Å²) in [6.07, 6.45) is 5.32. The Bertz CT molecular complexity index is 417. The Labute approximate surface area is 106 Å². The van der Waals surface area contributed by atoms with Gasteiger partial charge in [-0.05, 0) is 6.42 Å². The molecule has 92 valence electrons. The highest BCUT2D eigenvalue weighted by Gasteiger charge is 2.05. The lowest BCUT2D eigenvalue weighted by Gasteiger charge is -1.99. The summed E-state index contributed by atoms with van der Waals surface area (Å²) in [4.78, 5) is 16.4. The van der Waals surface area contributed by atoms with Gasteiger partial charge >= 0.3 is 0 Å². The largest absolute Gasteiger partial charge is 0.320 e. The molecule has 1 rings (SSSR count). The first kappa shape index (κ1) is 13.7. The third kappa shape index (κ3) is 5.48. The number of anilines is 1. The van der Waals surface area contributed by atoms with E-state index >= 15 is 0 Å². The van der Waals surface area contributed by atoms with E-state index in [1.54, 1.807) is 6.20 Å². The molecule has 0 fully saturated rings. The van der Waals surface area contributed by atoms with E-state index in [9.17, 15) is 4.79 Å². The molecule has 0 bridgehead atoms. The predicted octanol–water partition coefficient (Wildman–Crippen LogP) is 1.97. The molecule has 1 aromatic heterocycles. The molecule has 0 aromatic carbocycles. The van der Waals surface area contributed by atoms with Crippen molar-refractivity contribution in [2.24, 2.45) is 5.73 Å². The van der Waals surface area contributed by atoms with Crippen LogP contribution in [0.3, 0.4) is 0 Å². The zero-order chi connectivity index (χ0) is 12.5. The minimum atomic E-state index is 0.0196. The monoisotopic (exact) mass is 251 g/mol. The summed E-state index contributed by atoms with van der Waals surface area (Å²) in [5.74, 6) is 5.65. The molecule has 0 aliphatic carbocycles. The minimum Gasteiger partial charge on any atom is -0.320 e. The van der Waals surface area contributed by atoms with Gasteiger partial charge in [0.25, 0.3) is 0 Å². The average molecular weight is 251 g/mol. The number of carbonyl (C=O) groups excluding carboxylic acids is 1. The van der Waals surface area contributed by atoms with Crippen LogP contribution in [0.1, 0.15) is 37.5 Å². The van der Waals surface area contributed by atoms with E-state index in [0.717, 1.165) is 24.1 Å². The fraction of sp³-hybridized carbons (Fsp3) is 0.500. The summed E-state index contributed by atoms with van der Waals surface area (Å²) in [5, 5.41) is 3.37. The third-order valence-electron chi connectivity index (χ3n) is 2.07. The lowest BCUT2D eigenvalue weighted by Crippen LogP contribution is -2.10. The SMILES string of the molecule is CCCCCC(=O)Nc1ncc(C#CCN)s1. The molecule has 0 aliphatic rings. The fourth-order valence-corrected chi connectivity index (χ4v) is 1.95. The molecule has 4 nitrogen and oxygen atoms in total. The van der Waals surface area contributed by atoms with Crippen molar-refractivity contribution in [3.8, 4) is 11.8 Å². The molecule has 1 amide bonds. The van der Waals surface area contributed by atoms with Gasteiger partial charge in [-0.15, -0.1) is 0 Å². The van der Waals surface area contributed by atoms with Gasteiger partial charge in [-0.1, -0.05) is 42.9 Å². The van der Waals surface area contributed by atoms with Crippen molar-refractivity contribution in [1.29, 1.82) is 0 Å². The van der Waals surface area contributed by atoms with Crippen LogP contribution in [0.15, 0.2) is 6.20 Å². The Morgan fingerprint density at radius 1 is 1.59 bits per heavy atom. The van der Waals surface area contributed by atoms with Crippen LogP contribution in [0.25, 0.3) is 0 Å². The van der Waals surface area contributed by atoms with Crippen molar-refractivity contribution in [3.63, 3.8) is 0 Å². The molecule has 0 spiro atoms. The summed E-state index contributed by atoms with van der Waals surface area (Å²) >= 11 is 1.37. The highest BCUT2D eigenvalue weighted by atomic mass is 32.1. The number of nitrogens with zero attached hydrogens (tertiary/aromatic N) is 1. The van der Waals surface area contributed by atoms with Gasteiger partial charge in [0.1, 0.15) is 0 Å². The van der Waals surface area contributed by atoms with E-state index in [4.69, 9.17) is 5.73 Å². The summed E-state index contributed by atoms with van der Waals surface area (Å²) < 4.78 is 0. The van der Waals surface area contributed by atoms with E-state index in [1.807, 2.05) is 0 Å². The maximum Gasteiger partial charge on any atom is 0.226 e. The molecule has 0 saturated carbocycles. The molecule has 1 heterocycles. The Morgan fingerprint density at radius 2 is 2.41 bits per heavy atom. The van der Waals surface area contributed by atoms with E-state index in [0.29, 0.717) is 18.1 Å². The number of unbranched alkanes of at least 4 members (excludes halogenated alkanes) is 2. The molecule has 5 heteroatoms. The smallest absolute Gasteiger partial charge is 0.226 e. The standard InChI is InChI=1S/C12H17N3OS/c1-2-3-4-7-11(16)15-12-14-9-10(17-12)6-5-8-13/h9H,2-4,7-8,13H2,1H3,(H,14,15,16). The van der Waals surface area contributed by atoms with E-state index in [2.05, 4.69) is 29.1 Å². The molecule has 0 unspecified atom stereocenters. The molecule has 17 heavy (non-hydrogen) atoms.